The van der Waals surface area contributed by atoms with Gasteiger partial charge >= 0.3 is 0 Å². The summed E-state index contributed by atoms with van der Waals surface area (Å²) in [6.07, 6.45) is 1.75. The minimum atomic E-state index is -3.86. The van der Waals surface area contributed by atoms with Crippen LogP contribution in [0, 0.1) is 0 Å². The maximum absolute atomic E-state index is 12.8. The van der Waals surface area contributed by atoms with Gasteiger partial charge in [0.2, 0.25) is 15.9 Å². The molecule has 10 heteroatoms. The van der Waals surface area contributed by atoms with Crippen LogP contribution in [0.15, 0.2) is 71.2 Å². The summed E-state index contributed by atoms with van der Waals surface area (Å²) in [4.78, 5) is 12.7. The van der Waals surface area contributed by atoms with Crippen LogP contribution in [0.5, 0.6) is 0 Å². The number of carbonyl (C=O) groups excluding carboxylic acids is 1. The maximum Gasteiger partial charge on any atom is 0.238 e. The predicted octanol–water partition coefficient (Wildman–Crippen LogP) is 4.20. The maximum atomic E-state index is 12.8. The highest BCUT2D eigenvalue weighted by molar-refractivity contribution is 8.00. The lowest BCUT2D eigenvalue weighted by Gasteiger charge is -2.19. The summed E-state index contributed by atoms with van der Waals surface area (Å²) in [7, 11) is -3.86. The Morgan fingerprint density at radius 2 is 1.88 bits per heavy atom. The van der Waals surface area contributed by atoms with Gasteiger partial charge in [-0.25, -0.2) is 13.6 Å². The van der Waals surface area contributed by atoms with Gasteiger partial charge < -0.3 is 5.32 Å². The first-order chi connectivity index (χ1) is 15.9. The van der Waals surface area contributed by atoms with Gasteiger partial charge in [-0.1, -0.05) is 68.9 Å². The Kier molecular flexibility index (Phi) is 7.64. The zero-order valence-electron chi connectivity index (χ0n) is 19.6. The first kappa shape index (κ1) is 25.7. The summed E-state index contributed by atoms with van der Waals surface area (Å²) in [6, 6.07) is 14.0. The summed E-state index contributed by atoms with van der Waals surface area (Å²) in [5.74, 6) is 0.386. The number of amides is 1. The van der Waals surface area contributed by atoms with Crippen LogP contribution in [-0.4, -0.2) is 34.3 Å². The lowest BCUT2D eigenvalue weighted by molar-refractivity contribution is -0.115. The van der Waals surface area contributed by atoms with Crippen molar-refractivity contribution in [2.24, 2.45) is 5.14 Å². The first-order valence-corrected chi connectivity index (χ1v) is 13.1. The van der Waals surface area contributed by atoms with Crippen molar-refractivity contribution in [2.75, 3.05) is 5.32 Å². The molecule has 0 aliphatic carbocycles. The number of hydrogen-bond acceptors (Lipinski definition) is 6. The number of primary sulfonamides is 1. The molecule has 180 valence electrons. The van der Waals surface area contributed by atoms with E-state index < -0.39 is 15.3 Å². The van der Waals surface area contributed by atoms with Crippen LogP contribution in [0.1, 0.15) is 33.3 Å². The van der Waals surface area contributed by atoms with Gasteiger partial charge in [0.1, 0.15) is 0 Å². The van der Waals surface area contributed by atoms with Gasteiger partial charge in [0.15, 0.2) is 11.0 Å². The van der Waals surface area contributed by atoms with Crippen LogP contribution >= 0.6 is 11.8 Å². The Hall–Kier alpha value is -2.95. The fourth-order valence-corrected chi connectivity index (χ4v) is 4.63. The van der Waals surface area contributed by atoms with Crippen molar-refractivity contribution >= 4 is 33.4 Å². The highest BCUT2D eigenvalue weighted by Crippen LogP contribution is 2.29. The average Bonchev–Trinajstić information content (AvgIpc) is 3.15. The average molecular weight is 500 g/mol. The van der Waals surface area contributed by atoms with E-state index >= 15 is 0 Å². The fraction of sp³-hybridized carbons (Fsp3) is 0.292. The molecular formula is C24H29N5O3S2. The minimum Gasteiger partial charge on any atom is -0.325 e. The molecule has 0 radical (unpaired) electrons. The summed E-state index contributed by atoms with van der Waals surface area (Å²) in [5, 5.41) is 16.6. The van der Waals surface area contributed by atoms with E-state index in [1.807, 2.05) is 16.7 Å². The number of carbonyl (C=O) groups is 1. The molecule has 3 aromatic rings. The van der Waals surface area contributed by atoms with Crippen LogP contribution in [-0.2, 0) is 26.8 Å². The fourth-order valence-electron chi connectivity index (χ4n) is 3.21. The Labute approximate surface area is 204 Å². The van der Waals surface area contributed by atoms with Crippen LogP contribution in [0.4, 0.5) is 5.69 Å². The van der Waals surface area contributed by atoms with E-state index in [-0.39, 0.29) is 16.2 Å². The van der Waals surface area contributed by atoms with E-state index in [4.69, 9.17) is 5.14 Å². The van der Waals surface area contributed by atoms with Gasteiger partial charge in [-0.15, -0.1) is 16.8 Å². The second kappa shape index (κ2) is 10.1. The molecule has 0 saturated heterocycles. The van der Waals surface area contributed by atoms with E-state index in [2.05, 4.69) is 55.0 Å². The molecule has 0 aliphatic rings. The number of anilines is 1. The molecule has 1 atom stereocenters. The molecule has 8 nitrogen and oxygen atoms in total. The summed E-state index contributed by atoms with van der Waals surface area (Å²) >= 11 is 1.26. The number of nitrogens with zero attached hydrogens (tertiary/aromatic N) is 3. The molecule has 0 spiro atoms. The van der Waals surface area contributed by atoms with E-state index in [0.717, 1.165) is 5.56 Å². The van der Waals surface area contributed by atoms with Gasteiger partial charge in [0, 0.05) is 17.8 Å². The topological polar surface area (TPSA) is 120 Å². The second-order valence-corrected chi connectivity index (χ2v) is 11.7. The number of rotatable bonds is 8. The Balaban J connectivity index is 1.79. The smallest absolute Gasteiger partial charge is 0.238 e. The van der Waals surface area contributed by atoms with Crippen molar-refractivity contribution in [3.63, 3.8) is 0 Å². The number of sulfonamides is 1. The van der Waals surface area contributed by atoms with Gasteiger partial charge in [0.25, 0.3) is 0 Å². The molecule has 0 bridgehead atoms. The van der Waals surface area contributed by atoms with E-state index in [9.17, 15) is 13.2 Å². The molecule has 34 heavy (non-hydrogen) atoms. The van der Waals surface area contributed by atoms with Crippen molar-refractivity contribution in [3.8, 4) is 11.4 Å². The molecule has 0 fully saturated rings. The molecule has 0 saturated carbocycles. The Morgan fingerprint density at radius 3 is 2.47 bits per heavy atom. The van der Waals surface area contributed by atoms with Crippen molar-refractivity contribution in [1.82, 2.24) is 14.8 Å². The van der Waals surface area contributed by atoms with Crippen molar-refractivity contribution in [2.45, 2.75) is 55.0 Å². The molecule has 3 rings (SSSR count). The van der Waals surface area contributed by atoms with Crippen molar-refractivity contribution in [3.05, 3.63) is 66.7 Å². The number of nitrogens with two attached hydrogens (primary N) is 1. The third-order valence-corrected chi connectivity index (χ3v) is 7.11. The van der Waals surface area contributed by atoms with Gasteiger partial charge in [-0.2, -0.15) is 0 Å². The van der Waals surface area contributed by atoms with E-state index in [1.54, 1.807) is 19.1 Å². The van der Waals surface area contributed by atoms with Crippen LogP contribution in [0.2, 0.25) is 0 Å². The SMILES string of the molecule is C=CCn1c(SC(C)C(=O)Nc2cccc(S(N)(=O)=O)c2)nnc1-c1ccc(C(C)(C)C)cc1. The molecule has 3 N–H and O–H groups in total. The Morgan fingerprint density at radius 1 is 1.21 bits per heavy atom. The predicted molar refractivity (Wildman–Crippen MR) is 136 cm³/mol. The standard InChI is InChI=1S/C24H29N5O3S2/c1-6-14-29-21(17-10-12-18(13-11-17)24(3,4)5)27-28-23(29)33-16(2)22(30)26-19-8-7-9-20(15-19)34(25,31)32/h6-13,15-16H,1,14H2,2-5H3,(H,26,30)(H2,25,31,32). The molecule has 0 aliphatic heterocycles. The second-order valence-electron chi connectivity index (χ2n) is 8.85. The molecule has 1 aromatic heterocycles. The minimum absolute atomic E-state index is 0.0466. The quantitative estimate of drug-likeness (QED) is 0.354. The zero-order valence-corrected chi connectivity index (χ0v) is 21.3. The summed E-state index contributed by atoms with van der Waals surface area (Å²) in [5.41, 5.74) is 2.53. The zero-order chi connectivity index (χ0) is 25.1. The lowest BCUT2D eigenvalue weighted by Crippen LogP contribution is -2.23. The number of nitrogens with one attached hydrogen (secondary N) is 1. The normalized spacial score (nSPS) is 12.9. The third kappa shape index (κ3) is 6.13. The number of benzene rings is 2. The van der Waals surface area contributed by atoms with Gasteiger partial charge in [0.05, 0.1) is 10.1 Å². The van der Waals surface area contributed by atoms with Gasteiger partial charge in [-0.3, -0.25) is 9.36 Å². The summed E-state index contributed by atoms with van der Waals surface area (Å²) in [6.45, 7) is 12.5. The van der Waals surface area contributed by atoms with Gasteiger partial charge in [-0.05, 0) is 36.1 Å². The molecule has 1 unspecified atom stereocenters. The Bertz CT molecular complexity index is 1290. The number of allylic oxidation sites excluding steroid dienone is 1. The molecule has 2 aromatic carbocycles. The van der Waals surface area contributed by atoms with Crippen LogP contribution < -0.4 is 10.5 Å². The highest BCUT2D eigenvalue weighted by atomic mass is 32.2. The first-order valence-electron chi connectivity index (χ1n) is 10.7. The molecule has 1 amide bonds. The van der Waals surface area contributed by atoms with Crippen LogP contribution in [0.3, 0.4) is 0 Å². The molecular weight excluding hydrogens is 470 g/mol. The number of aromatic nitrogens is 3. The van der Waals surface area contributed by atoms with E-state index in [1.165, 1.54) is 35.5 Å². The van der Waals surface area contributed by atoms with Crippen molar-refractivity contribution in [1.29, 1.82) is 0 Å². The third-order valence-electron chi connectivity index (χ3n) is 5.12. The summed E-state index contributed by atoms with van der Waals surface area (Å²) < 4.78 is 25.0. The molecule has 1 heterocycles. The van der Waals surface area contributed by atoms with Crippen molar-refractivity contribution < 1.29 is 13.2 Å². The van der Waals surface area contributed by atoms with Crippen LogP contribution in [0.25, 0.3) is 11.4 Å². The number of thioether (sulfide) groups is 1. The lowest BCUT2D eigenvalue weighted by atomic mass is 9.87. The highest BCUT2D eigenvalue weighted by Gasteiger charge is 2.22. The largest absolute Gasteiger partial charge is 0.325 e. The monoisotopic (exact) mass is 499 g/mol. The van der Waals surface area contributed by atoms with E-state index in [0.29, 0.717) is 23.2 Å². The number of hydrogen-bond donors (Lipinski definition) is 2.